The van der Waals surface area contributed by atoms with Gasteiger partial charge in [0.2, 0.25) is 0 Å². The number of aryl methyl sites for hydroxylation is 1. The van der Waals surface area contributed by atoms with E-state index in [-0.39, 0.29) is 6.04 Å². The van der Waals surface area contributed by atoms with Crippen LogP contribution >= 0.6 is 15.9 Å². The third-order valence-corrected chi connectivity index (χ3v) is 3.42. The van der Waals surface area contributed by atoms with E-state index in [0.29, 0.717) is 6.61 Å². The van der Waals surface area contributed by atoms with Crippen molar-refractivity contribution < 1.29 is 9.15 Å². The third-order valence-electron chi connectivity index (χ3n) is 2.93. The molecule has 2 rings (SSSR count). The highest BCUT2D eigenvalue weighted by molar-refractivity contribution is 9.10. The fraction of sp³-hybridized carbons (Fsp3) is 0.333. The summed E-state index contributed by atoms with van der Waals surface area (Å²) >= 11 is 3.45. The van der Waals surface area contributed by atoms with Gasteiger partial charge in [0.25, 0.3) is 0 Å². The van der Waals surface area contributed by atoms with Crippen LogP contribution in [0.4, 0.5) is 0 Å². The van der Waals surface area contributed by atoms with Crippen LogP contribution in [0.3, 0.4) is 0 Å². The van der Waals surface area contributed by atoms with Crippen LogP contribution in [0.2, 0.25) is 0 Å². The summed E-state index contributed by atoms with van der Waals surface area (Å²) in [6, 6.07) is 10.1. The Bertz CT molecular complexity index is 511. The predicted octanol–water partition coefficient (Wildman–Crippen LogP) is 4.08. The van der Waals surface area contributed by atoms with Crippen molar-refractivity contribution in [3.8, 4) is 5.75 Å². The summed E-state index contributed by atoms with van der Waals surface area (Å²) in [5.41, 5.74) is 1.14. The number of rotatable bonds is 6. The highest BCUT2D eigenvalue weighted by Crippen LogP contribution is 2.22. The first-order valence-electron chi connectivity index (χ1n) is 6.32. The second kappa shape index (κ2) is 6.78. The first kappa shape index (κ1) is 14.2. The van der Waals surface area contributed by atoms with E-state index in [2.05, 4.69) is 28.2 Å². The van der Waals surface area contributed by atoms with Gasteiger partial charge in [0.15, 0.2) is 0 Å². The van der Waals surface area contributed by atoms with Crippen molar-refractivity contribution in [3.05, 3.63) is 52.4 Å². The molecular formula is C15H18BrNO2. The zero-order valence-corrected chi connectivity index (χ0v) is 12.7. The quantitative estimate of drug-likeness (QED) is 0.813. The maximum atomic E-state index is 5.76. The summed E-state index contributed by atoms with van der Waals surface area (Å²) < 4.78 is 12.1. The van der Waals surface area contributed by atoms with Gasteiger partial charge >= 0.3 is 0 Å². The van der Waals surface area contributed by atoms with Crippen LogP contribution in [0.15, 0.2) is 45.5 Å². The highest BCUT2D eigenvalue weighted by Gasteiger charge is 2.07. The zero-order chi connectivity index (χ0) is 13.7. The van der Waals surface area contributed by atoms with Crippen molar-refractivity contribution in [1.82, 2.24) is 5.32 Å². The Morgan fingerprint density at radius 3 is 2.95 bits per heavy atom. The van der Waals surface area contributed by atoms with E-state index in [0.717, 1.165) is 28.1 Å². The lowest BCUT2D eigenvalue weighted by Crippen LogP contribution is -2.24. The summed E-state index contributed by atoms with van der Waals surface area (Å²) in [4.78, 5) is 0. The average molecular weight is 324 g/mol. The van der Waals surface area contributed by atoms with Gasteiger partial charge in [0, 0.05) is 11.0 Å². The molecule has 1 aromatic carbocycles. The molecule has 3 nitrogen and oxygen atoms in total. The molecule has 102 valence electrons. The summed E-state index contributed by atoms with van der Waals surface area (Å²) in [7, 11) is 0. The van der Waals surface area contributed by atoms with E-state index in [1.807, 2.05) is 37.3 Å². The van der Waals surface area contributed by atoms with E-state index in [4.69, 9.17) is 9.15 Å². The summed E-state index contributed by atoms with van der Waals surface area (Å²) in [5, 5.41) is 3.36. The van der Waals surface area contributed by atoms with Gasteiger partial charge in [-0.3, -0.25) is 0 Å². The Morgan fingerprint density at radius 2 is 2.21 bits per heavy atom. The number of benzene rings is 1. The lowest BCUT2D eigenvalue weighted by Gasteiger charge is -2.13. The van der Waals surface area contributed by atoms with Gasteiger partial charge in [-0.2, -0.15) is 0 Å². The first-order chi connectivity index (χ1) is 9.16. The maximum Gasteiger partial charge on any atom is 0.123 e. The van der Waals surface area contributed by atoms with Crippen molar-refractivity contribution in [2.24, 2.45) is 0 Å². The van der Waals surface area contributed by atoms with Crippen molar-refractivity contribution >= 4 is 15.9 Å². The van der Waals surface area contributed by atoms with Gasteiger partial charge in [-0.05, 0) is 43.7 Å². The normalized spacial score (nSPS) is 12.4. The number of nitrogens with one attached hydrogen (secondary N) is 1. The maximum absolute atomic E-state index is 5.76. The van der Waals surface area contributed by atoms with Crippen LogP contribution in [-0.4, -0.2) is 13.2 Å². The van der Waals surface area contributed by atoms with E-state index in [1.54, 1.807) is 6.26 Å². The Kier molecular flexibility index (Phi) is 5.05. The molecular weight excluding hydrogens is 306 g/mol. The average Bonchev–Trinajstić information content (AvgIpc) is 2.92. The Balaban J connectivity index is 1.76. The van der Waals surface area contributed by atoms with E-state index < -0.39 is 0 Å². The second-order valence-corrected chi connectivity index (χ2v) is 5.37. The van der Waals surface area contributed by atoms with Gasteiger partial charge in [-0.15, -0.1) is 0 Å². The highest BCUT2D eigenvalue weighted by atomic mass is 79.9. The molecule has 0 aliphatic carbocycles. The molecule has 1 N–H and O–H groups in total. The van der Waals surface area contributed by atoms with Crippen molar-refractivity contribution in [2.45, 2.75) is 19.9 Å². The first-order valence-corrected chi connectivity index (χ1v) is 7.12. The van der Waals surface area contributed by atoms with Crippen LogP contribution in [0, 0.1) is 6.92 Å². The molecule has 1 heterocycles. The molecule has 1 unspecified atom stereocenters. The minimum Gasteiger partial charge on any atom is -0.492 e. The van der Waals surface area contributed by atoms with Gasteiger partial charge in [-0.25, -0.2) is 0 Å². The molecule has 4 heteroatoms. The Hall–Kier alpha value is -1.26. The molecule has 1 atom stereocenters. The van der Waals surface area contributed by atoms with Crippen molar-refractivity contribution in [2.75, 3.05) is 13.2 Å². The van der Waals surface area contributed by atoms with Gasteiger partial charge in [0.1, 0.15) is 18.1 Å². The van der Waals surface area contributed by atoms with E-state index >= 15 is 0 Å². The van der Waals surface area contributed by atoms with Crippen LogP contribution in [0.25, 0.3) is 0 Å². The van der Waals surface area contributed by atoms with Gasteiger partial charge in [-0.1, -0.05) is 22.0 Å². The molecule has 0 bridgehead atoms. The second-order valence-electron chi connectivity index (χ2n) is 4.45. The lowest BCUT2D eigenvalue weighted by atomic mass is 10.2. The molecule has 0 saturated carbocycles. The minimum atomic E-state index is 0.196. The fourth-order valence-corrected chi connectivity index (χ4v) is 2.14. The predicted molar refractivity (Wildman–Crippen MR) is 79.5 cm³/mol. The number of hydrogen-bond acceptors (Lipinski definition) is 3. The Morgan fingerprint density at radius 1 is 1.37 bits per heavy atom. The van der Waals surface area contributed by atoms with E-state index in [9.17, 15) is 0 Å². The lowest BCUT2D eigenvalue weighted by molar-refractivity contribution is 0.300. The molecule has 0 aliphatic rings. The summed E-state index contributed by atoms with van der Waals surface area (Å²) in [6.07, 6.45) is 1.69. The third kappa shape index (κ3) is 4.11. The zero-order valence-electron chi connectivity index (χ0n) is 11.2. The van der Waals surface area contributed by atoms with Crippen LogP contribution in [-0.2, 0) is 0 Å². The monoisotopic (exact) mass is 323 g/mol. The molecule has 0 fully saturated rings. The fourth-order valence-electron chi connectivity index (χ4n) is 1.80. The van der Waals surface area contributed by atoms with E-state index in [1.165, 1.54) is 0 Å². The molecule has 0 aliphatic heterocycles. The van der Waals surface area contributed by atoms with Gasteiger partial charge < -0.3 is 14.5 Å². The molecule has 0 amide bonds. The van der Waals surface area contributed by atoms with Crippen molar-refractivity contribution in [1.29, 1.82) is 0 Å². The van der Waals surface area contributed by atoms with Crippen LogP contribution < -0.4 is 10.1 Å². The number of furan rings is 1. The number of hydrogen-bond donors (Lipinski definition) is 1. The van der Waals surface area contributed by atoms with Gasteiger partial charge in [0.05, 0.1) is 12.3 Å². The molecule has 19 heavy (non-hydrogen) atoms. The minimum absolute atomic E-state index is 0.196. The Labute approximate surface area is 122 Å². The number of halogens is 1. The number of ether oxygens (including phenoxy) is 1. The molecule has 0 spiro atoms. The molecule has 1 aromatic heterocycles. The topological polar surface area (TPSA) is 34.4 Å². The molecule has 2 aromatic rings. The van der Waals surface area contributed by atoms with Crippen LogP contribution in [0.1, 0.15) is 24.3 Å². The SMILES string of the molecule is Cc1ccc(Br)cc1OCCNC(C)c1ccco1. The largest absolute Gasteiger partial charge is 0.492 e. The standard InChI is InChI=1S/C15H18BrNO2/c1-11-5-6-13(16)10-15(11)19-9-7-17-12(2)14-4-3-8-18-14/h3-6,8,10,12,17H,7,9H2,1-2H3. The summed E-state index contributed by atoms with van der Waals surface area (Å²) in [6.45, 7) is 5.51. The van der Waals surface area contributed by atoms with Crippen molar-refractivity contribution in [3.63, 3.8) is 0 Å². The van der Waals surface area contributed by atoms with Crippen LogP contribution in [0.5, 0.6) is 5.75 Å². The summed E-state index contributed by atoms with van der Waals surface area (Å²) in [5.74, 6) is 1.86. The smallest absolute Gasteiger partial charge is 0.123 e. The molecule has 0 radical (unpaired) electrons. The molecule has 0 saturated heterocycles.